The third kappa shape index (κ3) is 2.13. The molecule has 0 fully saturated rings. The molecule has 0 atom stereocenters. The van der Waals surface area contributed by atoms with Gasteiger partial charge in [-0.25, -0.2) is 9.67 Å². The summed E-state index contributed by atoms with van der Waals surface area (Å²) in [7, 11) is 1.55. The standard InChI is InChI=1S/C12H12N4O2/c1-8-5-9(7-17)6-14-11(8)16-4-3-10(15-16)12(18)13-2/h3-7H,1-2H3,(H,13,18). The van der Waals surface area contributed by atoms with Gasteiger partial charge in [-0.3, -0.25) is 9.59 Å². The van der Waals surface area contributed by atoms with Crippen molar-refractivity contribution in [2.75, 3.05) is 7.05 Å². The van der Waals surface area contributed by atoms with E-state index >= 15 is 0 Å². The summed E-state index contributed by atoms with van der Waals surface area (Å²) in [6, 6.07) is 3.32. The first-order valence-electron chi connectivity index (χ1n) is 5.35. The second-order valence-electron chi connectivity index (χ2n) is 3.75. The zero-order valence-corrected chi connectivity index (χ0v) is 10.0. The van der Waals surface area contributed by atoms with Crippen molar-refractivity contribution >= 4 is 12.2 Å². The molecular formula is C12H12N4O2. The largest absolute Gasteiger partial charge is 0.354 e. The van der Waals surface area contributed by atoms with Crippen LogP contribution in [0.1, 0.15) is 26.4 Å². The lowest BCUT2D eigenvalue weighted by Gasteiger charge is -2.04. The van der Waals surface area contributed by atoms with Gasteiger partial charge in [0.1, 0.15) is 0 Å². The number of rotatable bonds is 3. The van der Waals surface area contributed by atoms with Crippen molar-refractivity contribution in [3.63, 3.8) is 0 Å². The summed E-state index contributed by atoms with van der Waals surface area (Å²) in [4.78, 5) is 26.2. The quantitative estimate of drug-likeness (QED) is 0.808. The van der Waals surface area contributed by atoms with Crippen LogP contribution in [-0.4, -0.2) is 34.0 Å². The van der Waals surface area contributed by atoms with Crippen LogP contribution in [0.15, 0.2) is 24.5 Å². The van der Waals surface area contributed by atoms with Gasteiger partial charge in [0.15, 0.2) is 17.8 Å². The number of aromatic nitrogens is 3. The molecule has 18 heavy (non-hydrogen) atoms. The van der Waals surface area contributed by atoms with E-state index < -0.39 is 0 Å². The van der Waals surface area contributed by atoms with Crippen molar-refractivity contribution < 1.29 is 9.59 Å². The molecule has 1 amide bonds. The number of aryl methyl sites for hydroxylation is 1. The van der Waals surface area contributed by atoms with Crippen LogP contribution in [0.3, 0.4) is 0 Å². The highest BCUT2D eigenvalue weighted by atomic mass is 16.1. The number of hydrogen-bond donors (Lipinski definition) is 1. The van der Waals surface area contributed by atoms with Crippen LogP contribution < -0.4 is 5.32 Å². The summed E-state index contributed by atoms with van der Waals surface area (Å²) in [5, 5.41) is 6.62. The molecule has 2 rings (SSSR count). The average molecular weight is 244 g/mol. The van der Waals surface area contributed by atoms with Crippen molar-refractivity contribution in [3.8, 4) is 5.82 Å². The molecule has 0 saturated heterocycles. The molecule has 1 N–H and O–H groups in total. The van der Waals surface area contributed by atoms with Crippen LogP contribution in [0.2, 0.25) is 0 Å². The number of amides is 1. The SMILES string of the molecule is CNC(=O)c1ccn(-c2ncc(C=O)cc2C)n1. The van der Waals surface area contributed by atoms with Gasteiger partial charge in [-0.2, -0.15) is 5.10 Å². The minimum Gasteiger partial charge on any atom is -0.354 e. The minimum atomic E-state index is -0.254. The Bertz CT molecular complexity index is 604. The van der Waals surface area contributed by atoms with Gasteiger partial charge in [0.25, 0.3) is 5.91 Å². The Kier molecular flexibility index (Phi) is 3.18. The molecule has 0 aliphatic rings. The number of aldehydes is 1. The average Bonchev–Trinajstić information content (AvgIpc) is 2.87. The highest BCUT2D eigenvalue weighted by molar-refractivity contribution is 5.91. The Labute approximate surface area is 104 Å². The molecule has 0 radical (unpaired) electrons. The van der Waals surface area contributed by atoms with Crippen LogP contribution in [0.25, 0.3) is 5.82 Å². The molecular weight excluding hydrogens is 232 g/mol. The fourth-order valence-electron chi connectivity index (χ4n) is 1.58. The van der Waals surface area contributed by atoms with Crippen LogP contribution in [-0.2, 0) is 0 Å². The molecule has 2 aromatic heterocycles. The normalized spacial score (nSPS) is 10.1. The summed E-state index contributed by atoms with van der Waals surface area (Å²) in [5.41, 5.74) is 1.64. The molecule has 2 heterocycles. The van der Waals surface area contributed by atoms with Gasteiger partial charge in [0.2, 0.25) is 0 Å². The van der Waals surface area contributed by atoms with Crippen molar-refractivity contribution in [1.29, 1.82) is 0 Å². The zero-order valence-electron chi connectivity index (χ0n) is 10.0. The van der Waals surface area contributed by atoms with E-state index in [2.05, 4.69) is 15.4 Å². The van der Waals surface area contributed by atoms with E-state index in [-0.39, 0.29) is 5.91 Å². The van der Waals surface area contributed by atoms with Crippen LogP contribution in [0.5, 0.6) is 0 Å². The second-order valence-corrected chi connectivity index (χ2v) is 3.75. The van der Waals surface area contributed by atoms with E-state index in [0.29, 0.717) is 17.1 Å². The fraction of sp³-hybridized carbons (Fsp3) is 0.167. The molecule has 2 aromatic rings. The molecule has 0 bridgehead atoms. The van der Waals surface area contributed by atoms with Crippen LogP contribution in [0.4, 0.5) is 0 Å². The lowest BCUT2D eigenvalue weighted by Crippen LogP contribution is -2.18. The first-order valence-corrected chi connectivity index (χ1v) is 5.35. The number of carbonyl (C=O) groups excluding carboxylic acids is 2. The number of nitrogens with one attached hydrogen (secondary N) is 1. The lowest BCUT2D eigenvalue weighted by atomic mass is 10.2. The monoisotopic (exact) mass is 244 g/mol. The number of carbonyl (C=O) groups is 2. The first-order chi connectivity index (χ1) is 8.65. The maximum Gasteiger partial charge on any atom is 0.271 e. The van der Waals surface area contributed by atoms with Gasteiger partial charge in [0, 0.05) is 25.0 Å². The Hall–Kier alpha value is -2.50. The maximum atomic E-state index is 11.4. The molecule has 6 heteroatoms. The summed E-state index contributed by atoms with van der Waals surface area (Å²) in [6.45, 7) is 1.83. The van der Waals surface area contributed by atoms with Crippen molar-refractivity contribution in [2.24, 2.45) is 0 Å². The first kappa shape index (κ1) is 12.0. The smallest absolute Gasteiger partial charge is 0.271 e. The Morgan fingerprint density at radius 2 is 2.28 bits per heavy atom. The summed E-state index contributed by atoms with van der Waals surface area (Å²) in [5.74, 6) is 0.340. The Morgan fingerprint density at radius 3 is 2.89 bits per heavy atom. The van der Waals surface area contributed by atoms with Gasteiger partial charge >= 0.3 is 0 Å². The van der Waals surface area contributed by atoms with E-state index in [0.717, 1.165) is 11.8 Å². The number of pyridine rings is 1. The number of nitrogens with zero attached hydrogens (tertiary/aromatic N) is 3. The summed E-state index contributed by atoms with van der Waals surface area (Å²) >= 11 is 0. The van der Waals surface area contributed by atoms with E-state index in [9.17, 15) is 9.59 Å². The van der Waals surface area contributed by atoms with E-state index in [1.54, 1.807) is 25.4 Å². The summed E-state index contributed by atoms with van der Waals surface area (Å²) < 4.78 is 1.51. The highest BCUT2D eigenvalue weighted by Crippen LogP contribution is 2.11. The molecule has 0 aromatic carbocycles. The Balaban J connectivity index is 2.40. The molecule has 92 valence electrons. The maximum absolute atomic E-state index is 11.4. The summed E-state index contributed by atoms with van der Waals surface area (Å²) in [6.07, 6.45) is 3.86. The third-order valence-corrected chi connectivity index (χ3v) is 2.47. The van der Waals surface area contributed by atoms with Crippen LogP contribution >= 0.6 is 0 Å². The van der Waals surface area contributed by atoms with Crippen molar-refractivity contribution in [1.82, 2.24) is 20.1 Å². The lowest BCUT2D eigenvalue weighted by molar-refractivity contribution is 0.0957. The van der Waals surface area contributed by atoms with Gasteiger partial charge < -0.3 is 5.32 Å². The second kappa shape index (κ2) is 4.79. The zero-order chi connectivity index (χ0) is 13.1. The molecule has 0 unspecified atom stereocenters. The topological polar surface area (TPSA) is 76.9 Å². The van der Waals surface area contributed by atoms with Gasteiger partial charge in [-0.05, 0) is 24.6 Å². The van der Waals surface area contributed by atoms with Crippen molar-refractivity contribution in [3.05, 3.63) is 41.3 Å². The van der Waals surface area contributed by atoms with E-state index in [1.165, 1.54) is 10.9 Å². The fourth-order valence-corrected chi connectivity index (χ4v) is 1.58. The molecule has 0 aliphatic carbocycles. The van der Waals surface area contributed by atoms with Gasteiger partial charge in [-0.15, -0.1) is 0 Å². The molecule has 0 spiro atoms. The number of hydrogen-bond acceptors (Lipinski definition) is 4. The molecule has 0 aliphatic heterocycles. The van der Waals surface area contributed by atoms with Crippen molar-refractivity contribution in [2.45, 2.75) is 6.92 Å². The van der Waals surface area contributed by atoms with E-state index in [4.69, 9.17) is 0 Å². The minimum absolute atomic E-state index is 0.254. The third-order valence-electron chi connectivity index (χ3n) is 2.47. The van der Waals surface area contributed by atoms with Gasteiger partial charge in [0.05, 0.1) is 0 Å². The Morgan fingerprint density at radius 1 is 1.50 bits per heavy atom. The molecule has 0 saturated carbocycles. The van der Waals surface area contributed by atoms with E-state index in [1.807, 2.05) is 6.92 Å². The van der Waals surface area contributed by atoms with Gasteiger partial charge in [-0.1, -0.05) is 0 Å². The van der Waals surface area contributed by atoms with Crippen LogP contribution in [0, 0.1) is 6.92 Å². The molecule has 6 nitrogen and oxygen atoms in total. The predicted octanol–water partition coefficient (Wildman–Crippen LogP) is 0.748. The highest BCUT2D eigenvalue weighted by Gasteiger charge is 2.10. The predicted molar refractivity (Wildman–Crippen MR) is 64.9 cm³/mol.